The predicted molar refractivity (Wildman–Crippen MR) is 65.8 cm³/mol. The van der Waals surface area contributed by atoms with Crippen LogP contribution in [0.5, 0.6) is 0 Å². The van der Waals surface area contributed by atoms with Crippen molar-refractivity contribution in [3.8, 4) is 0 Å². The van der Waals surface area contributed by atoms with Gasteiger partial charge in [-0.2, -0.15) is 26.3 Å². The second kappa shape index (κ2) is 5.64. The van der Waals surface area contributed by atoms with Crippen LogP contribution < -0.4 is 0 Å². The van der Waals surface area contributed by atoms with Crippen molar-refractivity contribution in [1.29, 1.82) is 0 Å². The third-order valence-corrected chi connectivity index (χ3v) is 3.74. The van der Waals surface area contributed by atoms with Crippen LogP contribution in [0, 0.1) is 0 Å². The van der Waals surface area contributed by atoms with Crippen molar-refractivity contribution in [3.63, 3.8) is 0 Å². The monoisotopic (exact) mass is 391 g/mol. The lowest BCUT2D eigenvalue weighted by molar-refractivity contribution is -0.308. The molecule has 0 fully saturated rings. The van der Waals surface area contributed by atoms with Crippen molar-refractivity contribution in [1.82, 2.24) is 4.90 Å². The second-order valence-electron chi connectivity index (χ2n) is 4.58. The van der Waals surface area contributed by atoms with E-state index in [1.807, 2.05) is 0 Å². The zero-order valence-corrected chi connectivity index (χ0v) is 12.2. The largest absolute Gasteiger partial charge is 0.434 e. The number of carbonyl (C=O) groups excluding carboxylic acids is 1. The number of halogens is 7. The number of nitrogens with zero attached hydrogens (tertiary/aromatic N) is 1. The van der Waals surface area contributed by atoms with Gasteiger partial charge in [0.2, 0.25) is 0 Å². The molecular formula is C12H8BrF6NO2. The van der Waals surface area contributed by atoms with E-state index in [9.17, 15) is 31.1 Å². The van der Waals surface area contributed by atoms with E-state index in [0.717, 1.165) is 4.90 Å². The fourth-order valence-electron chi connectivity index (χ4n) is 2.00. The van der Waals surface area contributed by atoms with Gasteiger partial charge in [0.25, 0.3) is 6.10 Å². The molecule has 0 unspecified atom stereocenters. The molecule has 0 bridgehead atoms. The van der Waals surface area contributed by atoms with Crippen molar-refractivity contribution in [3.05, 3.63) is 33.8 Å². The zero-order valence-electron chi connectivity index (χ0n) is 10.6. The lowest BCUT2D eigenvalue weighted by Crippen LogP contribution is -2.47. The highest BCUT2D eigenvalue weighted by molar-refractivity contribution is 9.10. The smallest absolute Gasteiger partial charge is 0.426 e. The lowest BCUT2D eigenvalue weighted by atomic mass is 10.1. The zero-order chi connectivity index (χ0) is 16.7. The second-order valence-corrected chi connectivity index (χ2v) is 5.43. The maximum Gasteiger partial charge on any atom is 0.434 e. The highest BCUT2D eigenvalue weighted by atomic mass is 79.9. The molecule has 0 atom stereocenters. The average molecular weight is 392 g/mol. The maximum absolute atomic E-state index is 12.4. The molecule has 1 amide bonds. The molecule has 2 rings (SSSR count). The third kappa shape index (κ3) is 3.47. The molecule has 0 aliphatic carbocycles. The molecule has 1 aromatic rings. The number of carbonyl (C=O) groups is 1. The number of alkyl halides is 6. The number of rotatable bonds is 1. The van der Waals surface area contributed by atoms with Crippen molar-refractivity contribution < 1.29 is 35.9 Å². The van der Waals surface area contributed by atoms with Gasteiger partial charge in [-0.25, -0.2) is 4.79 Å². The van der Waals surface area contributed by atoms with E-state index in [1.54, 1.807) is 18.2 Å². The lowest BCUT2D eigenvalue weighted by Gasteiger charge is -2.25. The van der Waals surface area contributed by atoms with Gasteiger partial charge >= 0.3 is 18.4 Å². The average Bonchev–Trinajstić information content (AvgIpc) is 2.78. The number of amides is 1. The normalized spacial score (nSPS) is 15.2. The Morgan fingerprint density at radius 3 is 2.23 bits per heavy atom. The minimum Gasteiger partial charge on any atom is -0.426 e. The summed E-state index contributed by atoms with van der Waals surface area (Å²) in [5.41, 5.74) is 1.25. The quantitative estimate of drug-likeness (QED) is 0.664. The number of fused-ring (bicyclic) bond motifs is 1. The van der Waals surface area contributed by atoms with Gasteiger partial charge in [0.15, 0.2) is 0 Å². The van der Waals surface area contributed by atoms with Crippen LogP contribution in [-0.2, 0) is 17.8 Å². The topological polar surface area (TPSA) is 29.5 Å². The highest BCUT2D eigenvalue weighted by Crippen LogP contribution is 2.37. The predicted octanol–water partition coefficient (Wildman–Crippen LogP) is 4.39. The summed E-state index contributed by atoms with van der Waals surface area (Å²) in [7, 11) is 0. The van der Waals surface area contributed by atoms with Gasteiger partial charge < -0.3 is 4.74 Å². The van der Waals surface area contributed by atoms with Gasteiger partial charge in [0, 0.05) is 11.0 Å². The van der Waals surface area contributed by atoms with Crippen molar-refractivity contribution in [2.45, 2.75) is 31.5 Å². The molecule has 122 valence electrons. The van der Waals surface area contributed by atoms with Gasteiger partial charge in [0.05, 0.1) is 6.54 Å². The number of hydrogen-bond donors (Lipinski definition) is 0. The number of hydrogen-bond acceptors (Lipinski definition) is 2. The Morgan fingerprint density at radius 2 is 1.73 bits per heavy atom. The van der Waals surface area contributed by atoms with Crippen LogP contribution in [0.1, 0.15) is 11.1 Å². The van der Waals surface area contributed by atoms with Crippen LogP contribution in [0.25, 0.3) is 0 Å². The Labute approximate surface area is 129 Å². The van der Waals surface area contributed by atoms with E-state index in [-0.39, 0.29) is 13.1 Å². The summed E-state index contributed by atoms with van der Waals surface area (Å²) < 4.78 is 78.5. The summed E-state index contributed by atoms with van der Waals surface area (Å²) in [6, 6.07) is 4.92. The standard InChI is InChI=1S/C12H8BrF6NO2/c13-8-3-1-2-6-4-20(5-7(6)8)10(21)22-9(11(14,15)16)12(17,18)19/h1-3,9H,4-5H2. The summed E-state index contributed by atoms with van der Waals surface area (Å²) in [5, 5.41) is 0. The molecule has 0 aromatic heterocycles. The van der Waals surface area contributed by atoms with Gasteiger partial charge in [-0.3, -0.25) is 4.90 Å². The molecule has 1 aromatic carbocycles. The molecule has 0 radical (unpaired) electrons. The number of ether oxygens (including phenoxy) is 1. The maximum atomic E-state index is 12.4. The molecule has 0 saturated carbocycles. The molecule has 0 saturated heterocycles. The first kappa shape index (κ1) is 16.9. The molecule has 10 heteroatoms. The first-order valence-corrected chi connectivity index (χ1v) is 6.64. The highest BCUT2D eigenvalue weighted by Gasteiger charge is 2.60. The summed E-state index contributed by atoms with van der Waals surface area (Å²) >= 11 is 3.20. The van der Waals surface area contributed by atoms with Crippen LogP contribution >= 0.6 is 15.9 Å². The van der Waals surface area contributed by atoms with Crippen molar-refractivity contribution in [2.75, 3.05) is 0 Å². The van der Waals surface area contributed by atoms with Gasteiger partial charge in [0.1, 0.15) is 0 Å². The molecule has 0 spiro atoms. The van der Waals surface area contributed by atoms with Crippen LogP contribution in [0.3, 0.4) is 0 Å². The summed E-state index contributed by atoms with van der Waals surface area (Å²) in [6.45, 7) is -0.242. The Hall–Kier alpha value is -1.45. The molecule has 1 aliphatic heterocycles. The molecule has 1 heterocycles. The van der Waals surface area contributed by atoms with Crippen molar-refractivity contribution >= 4 is 22.0 Å². The van der Waals surface area contributed by atoms with E-state index in [4.69, 9.17) is 0 Å². The summed E-state index contributed by atoms with van der Waals surface area (Å²) in [6.07, 6.45) is -17.2. The van der Waals surface area contributed by atoms with Gasteiger partial charge in [-0.1, -0.05) is 28.1 Å². The first-order valence-electron chi connectivity index (χ1n) is 5.85. The van der Waals surface area contributed by atoms with E-state index in [2.05, 4.69) is 20.7 Å². The first-order chi connectivity index (χ1) is 10.00. The molecule has 1 aliphatic rings. The van der Waals surface area contributed by atoms with Gasteiger partial charge in [-0.05, 0) is 17.2 Å². The van der Waals surface area contributed by atoms with Crippen LogP contribution in [0.4, 0.5) is 31.1 Å². The van der Waals surface area contributed by atoms with Crippen LogP contribution in [0.2, 0.25) is 0 Å². The van der Waals surface area contributed by atoms with Gasteiger partial charge in [-0.15, -0.1) is 0 Å². The van der Waals surface area contributed by atoms with E-state index in [1.165, 1.54) is 0 Å². The molecule has 0 N–H and O–H groups in total. The number of benzene rings is 1. The van der Waals surface area contributed by atoms with Crippen LogP contribution in [0.15, 0.2) is 22.7 Å². The third-order valence-electron chi connectivity index (χ3n) is 3.00. The Balaban J connectivity index is 2.12. The fourth-order valence-corrected chi connectivity index (χ4v) is 2.54. The van der Waals surface area contributed by atoms with E-state index >= 15 is 0 Å². The Bertz CT molecular complexity index is 572. The Kier molecular flexibility index (Phi) is 4.33. The minimum absolute atomic E-state index is 0.115. The summed E-state index contributed by atoms with van der Waals surface area (Å²) in [5.74, 6) is 0. The summed E-state index contributed by atoms with van der Waals surface area (Å²) in [4.78, 5) is 12.4. The fraction of sp³-hybridized carbons (Fsp3) is 0.417. The SMILES string of the molecule is O=C(OC(C(F)(F)F)C(F)(F)F)N1Cc2cccc(Br)c2C1. The molecule has 22 heavy (non-hydrogen) atoms. The van der Waals surface area contributed by atoms with E-state index in [0.29, 0.717) is 15.6 Å². The van der Waals surface area contributed by atoms with Crippen LogP contribution in [-0.4, -0.2) is 29.4 Å². The Morgan fingerprint density at radius 1 is 1.14 bits per heavy atom. The van der Waals surface area contributed by atoms with Crippen molar-refractivity contribution in [2.24, 2.45) is 0 Å². The van der Waals surface area contributed by atoms with E-state index < -0.39 is 24.5 Å². The molecule has 3 nitrogen and oxygen atoms in total. The molecular weight excluding hydrogens is 384 g/mol. The minimum atomic E-state index is -5.72.